The summed E-state index contributed by atoms with van der Waals surface area (Å²) < 4.78 is 0. The van der Waals surface area contributed by atoms with Crippen molar-refractivity contribution in [3.05, 3.63) is 88.5 Å². The highest BCUT2D eigenvalue weighted by atomic mass is 14.3. The highest BCUT2D eigenvalue weighted by molar-refractivity contribution is 5.60. The average molecular weight is 399 g/mol. The van der Waals surface area contributed by atoms with Crippen LogP contribution in [0.15, 0.2) is 60.7 Å². The summed E-state index contributed by atoms with van der Waals surface area (Å²) in [5.41, 5.74) is 8.93. The fourth-order valence-corrected chi connectivity index (χ4v) is 5.58. The Hall–Kier alpha value is -2.08. The molecular formula is C30H38. The Balaban J connectivity index is 1.31. The normalized spacial score (nSPS) is 20.3. The van der Waals surface area contributed by atoms with Gasteiger partial charge in [0.25, 0.3) is 0 Å². The first kappa shape index (κ1) is 21.2. The zero-order chi connectivity index (χ0) is 20.8. The van der Waals surface area contributed by atoms with Crippen molar-refractivity contribution in [3.63, 3.8) is 0 Å². The smallest absolute Gasteiger partial charge is 0.00882 e. The number of hydrogen-bond donors (Lipinski definition) is 0. The van der Waals surface area contributed by atoms with E-state index in [0.717, 1.165) is 31.1 Å². The number of allylic oxidation sites excluding steroid dienone is 2. The predicted molar refractivity (Wildman–Crippen MR) is 131 cm³/mol. The quantitative estimate of drug-likeness (QED) is 0.374. The minimum atomic E-state index is 0.850. The fourth-order valence-electron chi connectivity index (χ4n) is 5.58. The summed E-state index contributed by atoms with van der Waals surface area (Å²) in [5.74, 6) is 1.70. The number of hydrogen-bond acceptors (Lipinski definition) is 0. The Bertz CT molecular complexity index is 885. The molecule has 1 fully saturated rings. The summed E-state index contributed by atoms with van der Waals surface area (Å²) in [6.07, 6.45) is 18.5. The highest BCUT2D eigenvalue weighted by Gasteiger charge is 2.23. The molecule has 0 aromatic heterocycles. The zero-order valence-electron chi connectivity index (χ0n) is 18.8. The lowest BCUT2D eigenvalue weighted by molar-refractivity contribution is 0.264. The van der Waals surface area contributed by atoms with E-state index in [4.69, 9.17) is 0 Å². The van der Waals surface area contributed by atoms with Crippen molar-refractivity contribution in [1.82, 2.24) is 0 Å². The Morgan fingerprint density at radius 3 is 2.50 bits per heavy atom. The van der Waals surface area contributed by atoms with Crippen molar-refractivity contribution in [3.8, 4) is 0 Å². The van der Waals surface area contributed by atoms with E-state index >= 15 is 0 Å². The standard InChI is InChI=1S/C30H38/c1-3-7-23(2)14-15-24-8-4-9-25(18-24)19-26-10-5-11-27(20-26)21-28-16-17-29-12-6-13-30(29)22-28/h4,6,8-9,13,16-18,22,26-27H,2-3,5,7,10-12,14-15,19-21H2,1H3/t26?,27-/m0/s1. The third-order valence-corrected chi connectivity index (χ3v) is 7.15. The van der Waals surface area contributed by atoms with Crippen molar-refractivity contribution < 1.29 is 0 Å². The van der Waals surface area contributed by atoms with Crippen molar-refractivity contribution in [2.24, 2.45) is 11.8 Å². The van der Waals surface area contributed by atoms with Gasteiger partial charge in [-0.25, -0.2) is 0 Å². The summed E-state index contributed by atoms with van der Waals surface area (Å²) in [5, 5.41) is 0. The van der Waals surface area contributed by atoms with E-state index in [2.05, 4.69) is 68.1 Å². The molecule has 2 aliphatic rings. The van der Waals surface area contributed by atoms with Gasteiger partial charge in [-0.05, 0) is 84.6 Å². The summed E-state index contributed by atoms with van der Waals surface area (Å²) >= 11 is 0. The molecule has 1 unspecified atom stereocenters. The van der Waals surface area contributed by atoms with E-state index < -0.39 is 0 Å². The molecule has 0 N–H and O–H groups in total. The van der Waals surface area contributed by atoms with Crippen molar-refractivity contribution >= 4 is 6.08 Å². The van der Waals surface area contributed by atoms with Gasteiger partial charge in [0.1, 0.15) is 0 Å². The van der Waals surface area contributed by atoms with Gasteiger partial charge in [0.15, 0.2) is 0 Å². The minimum Gasteiger partial charge on any atom is -0.0999 e. The van der Waals surface area contributed by atoms with Gasteiger partial charge in [0.2, 0.25) is 0 Å². The van der Waals surface area contributed by atoms with E-state index in [9.17, 15) is 0 Å². The minimum absolute atomic E-state index is 0.850. The molecule has 1 saturated carbocycles. The Morgan fingerprint density at radius 2 is 1.70 bits per heavy atom. The zero-order valence-corrected chi connectivity index (χ0v) is 18.8. The molecule has 0 amide bonds. The van der Waals surface area contributed by atoms with Gasteiger partial charge < -0.3 is 0 Å². The van der Waals surface area contributed by atoms with Crippen LogP contribution in [0.5, 0.6) is 0 Å². The molecule has 30 heavy (non-hydrogen) atoms. The lowest BCUT2D eigenvalue weighted by atomic mass is 9.76. The molecule has 0 radical (unpaired) electrons. The predicted octanol–water partition coefficient (Wildman–Crippen LogP) is 8.14. The molecule has 0 saturated heterocycles. The maximum absolute atomic E-state index is 4.23. The maximum Gasteiger partial charge on any atom is -0.00882 e. The molecule has 0 heterocycles. The Labute approximate surface area is 184 Å². The third-order valence-electron chi connectivity index (χ3n) is 7.15. The van der Waals surface area contributed by atoms with Crippen LogP contribution < -0.4 is 0 Å². The molecule has 0 bridgehead atoms. The summed E-state index contributed by atoms with van der Waals surface area (Å²) in [6, 6.07) is 16.6. The van der Waals surface area contributed by atoms with Crippen LogP contribution in [0.1, 0.15) is 79.7 Å². The lowest BCUT2D eigenvalue weighted by Crippen LogP contribution is -2.19. The van der Waals surface area contributed by atoms with Crippen LogP contribution in [0.4, 0.5) is 0 Å². The van der Waals surface area contributed by atoms with E-state index in [0.29, 0.717) is 0 Å². The van der Waals surface area contributed by atoms with Crippen molar-refractivity contribution in [2.45, 2.75) is 77.6 Å². The van der Waals surface area contributed by atoms with Crippen LogP contribution in [-0.2, 0) is 25.7 Å². The van der Waals surface area contributed by atoms with Gasteiger partial charge in [-0.1, -0.05) is 99.4 Å². The summed E-state index contributed by atoms with van der Waals surface area (Å²) in [7, 11) is 0. The number of fused-ring (bicyclic) bond motifs is 1. The highest BCUT2D eigenvalue weighted by Crippen LogP contribution is 2.34. The van der Waals surface area contributed by atoms with Crippen LogP contribution in [0.25, 0.3) is 6.08 Å². The first-order valence-electron chi connectivity index (χ1n) is 12.2. The fraction of sp³-hybridized carbons (Fsp3) is 0.467. The molecule has 0 nitrogen and oxygen atoms in total. The van der Waals surface area contributed by atoms with Crippen LogP contribution in [0, 0.1) is 11.8 Å². The Morgan fingerprint density at radius 1 is 0.933 bits per heavy atom. The first-order valence-corrected chi connectivity index (χ1v) is 12.2. The second kappa shape index (κ2) is 10.3. The average Bonchev–Trinajstić information content (AvgIpc) is 3.21. The molecule has 2 aliphatic carbocycles. The third kappa shape index (κ3) is 5.75. The van der Waals surface area contributed by atoms with Crippen LogP contribution in [0.3, 0.4) is 0 Å². The Kier molecular flexibility index (Phi) is 7.26. The van der Waals surface area contributed by atoms with Gasteiger partial charge in [-0.2, -0.15) is 0 Å². The summed E-state index contributed by atoms with van der Waals surface area (Å²) in [4.78, 5) is 0. The van der Waals surface area contributed by atoms with E-state index in [1.54, 1.807) is 11.1 Å². The molecule has 0 spiro atoms. The van der Waals surface area contributed by atoms with Crippen LogP contribution in [-0.4, -0.2) is 0 Å². The lowest BCUT2D eigenvalue weighted by Gasteiger charge is -2.29. The number of rotatable bonds is 9. The monoisotopic (exact) mass is 398 g/mol. The van der Waals surface area contributed by atoms with E-state index in [-0.39, 0.29) is 0 Å². The molecule has 2 atom stereocenters. The molecule has 2 aromatic rings. The largest absolute Gasteiger partial charge is 0.0999 e. The van der Waals surface area contributed by atoms with Gasteiger partial charge in [0.05, 0.1) is 0 Å². The second-order valence-corrected chi connectivity index (χ2v) is 9.77. The molecular weight excluding hydrogens is 360 g/mol. The van der Waals surface area contributed by atoms with Crippen LogP contribution >= 0.6 is 0 Å². The van der Waals surface area contributed by atoms with Crippen molar-refractivity contribution in [2.75, 3.05) is 0 Å². The molecule has 0 heteroatoms. The first-order chi connectivity index (χ1) is 14.7. The number of aryl methyl sites for hydroxylation is 1. The second-order valence-electron chi connectivity index (χ2n) is 9.77. The van der Waals surface area contributed by atoms with Crippen LogP contribution in [0.2, 0.25) is 0 Å². The van der Waals surface area contributed by atoms with E-state index in [1.165, 1.54) is 73.6 Å². The van der Waals surface area contributed by atoms with Crippen molar-refractivity contribution in [1.29, 1.82) is 0 Å². The van der Waals surface area contributed by atoms with Gasteiger partial charge >= 0.3 is 0 Å². The maximum atomic E-state index is 4.23. The molecule has 158 valence electrons. The van der Waals surface area contributed by atoms with Gasteiger partial charge in [-0.15, -0.1) is 0 Å². The molecule has 4 rings (SSSR count). The van der Waals surface area contributed by atoms with E-state index in [1.807, 2.05) is 0 Å². The number of benzene rings is 2. The van der Waals surface area contributed by atoms with Gasteiger partial charge in [-0.3, -0.25) is 0 Å². The summed E-state index contributed by atoms with van der Waals surface area (Å²) in [6.45, 7) is 6.47. The SMILES string of the molecule is C=C(CCC)CCc1cccc(CC2CCC[C@H](Cc3ccc4c(c3)C=CC4)C2)c1. The molecule has 2 aromatic carbocycles. The topological polar surface area (TPSA) is 0 Å². The van der Waals surface area contributed by atoms with Gasteiger partial charge in [0, 0.05) is 0 Å². The molecule has 0 aliphatic heterocycles.